The first-order valence-corrected chi connectivity index (χ1v) is 6.69. The molecule has 0 saturated heterocycles. The van der Waals surface area contributed by atoms with Gasteiger partial charge in [0.15, 0.2) is 5.41 Å². The van der Waals surface area contributed by atoms with Gasteiger partial charge < -0.3 is 9.47 Å². The molecule has 0 aliphatic carbocycles. The van der Waals surface area contributed by atoms with Crippen LogP contribution in [-0.2, 0) is 32.5 Å². The monoisotopic (exact) mass is 282 g/mol. The summed E-state index contributed by atoms with van der Waals surface area (Å²) >= 11 is 0. The Labute approximate surface area is 119 Å². The lowest BCUT2D eigenvalue weighted by Crippen LogP contribution is -2.41. The minimum atomic E-state index is -1.35. The Kier molecular flexibility index (Phi) is 5.30. The van der Waals surface area contributed by atoms with E-state index < -0.39 is 17.4 Å². The Morgan fingerprint density at radius 2 is 1.75 bits per heavy atom. The summed E-state index contributed by atoms with van der Waals surface area (Å²) in [5.74, 6) is -1.14. The highest BCUT2D eigenvalue weighted by Gasteiger charge is 2.45. The van der Waals surface area contributed by atoms with Gasteiger partial charge in [-0.15, -0.1) is 0 Å². The minimum absolute atomic E-state index is 0.196. The van der Waals surface area contributed by atoms with Crippen molar-refractivity contribution in [3.05, 3.63) is 17.5 Å². The number of rotatable bonds is 6. The maximum absolute atomic E-state index is 12.2. The number of nitrogens with zero attached hydrogens (tertiary/aromatic N) is 2. The van der Waals surface area contributed by atoms with Crippen molar-refractivity contribution in [1.82, 2.24) is 9.78 Å². The molecule has 1 aromatic heterocycles. The maximum atomic E-state index is 12.2. The average Bonchev–Trinajstić information content (AvgIpc) is 2.68. The Hall–Kier alpha value is -1.85. The molecule has 1 aromatic rings. The zero-order valence-electron chi connectivity index (χ0n) is 12.7. The summed E-state index contributed by atoms with van der Waals surface area (Å²) in [6, 6.07) is 1.84. The van der Waals surface area contributed by atoms with Crippen molar-refractivity contribution < 1.29 is 19.1 Å². The predicted molar refractivity (Wildman–Crippen MR) is 73.0 cm³/mol. The zero-order valence-corrected chi connectivity index (χ0v) is 12.7. The first-order chi connectivity index (χ1) is 9.35. The molecule has 0 saturated carbocycles. The van der Waals surface area contributed by atoms with Crippen molar-refractivity contribution in [3.63, 3.8) is 0 Å². The van der Waals surface area contributed by atoms with Crippen LogP contribution in [0.15, 0.2) is 6.07 Å². The summed E-state index contributed by atoms with van der Waals surface area (Å²) in [4.78, 5) is 24.3. The molecule has 0 N–H and O–H groups in total. The number of aromatic nitrogens is 2. The third-order valence-corrected chi connectivity index (χ3v) is 3.09. The molecule has 0 radical (unpaired) electrons. The van der Waals surface area contributed by atoms with E-state index in [1.165, 1.54) is 0 Å². The number of carbonyl (C=O) groups is 2. The highest BCUT2D eigenvalue weighted by Crippen LogP contribution is 2.26. The van der Waals surface area contributed by atoms with E-state index in [1.807, 2.05) is 13.0 Å². The van der Waals surface area contributed by atoms with Gasteiger partial charge >= 0.3 is 11.9 Å². The Morgan fingerprint density at radius 3 is 2.10 bits per heavy atom. The lowest BCUT2D eigenvalue weighted by Gasteiger charge is -2.24. The summed E-state index contributed by atoms with van der Waals surface area (Å²) in [5, 5.41) is 4.22. The third kappa shape index (κ3) is 3.37. The van der Waals surface area contributed by atoms with Gasteiger partial charge in [-0.2, -0.15) is 5.10 Å². The van der Waals surface area contributed by atoms with Crippen molar-refractivity contribution in [2.24, 2.45) is 12.5 Å². The van der Waals surface area contributed by atoms with Gasteiger partial charge in [0.25, 0.3) is 0 Å². The molecule has 0 spiro atoms. The van der Waals surface area contributed by atoms with E-state index in [0.717, 1.165) is 11.4 Å². The number of aryl methyl sites for hydroxylation is 2. The Bertz CT molecular complexity index is 475. The first kappa shape index (κ1) is 16.2. The van der Waals surface area contributed by atoms with Gasteiger partial charge in [-0.1, -0.05) is 0 Å². The molecular weight excluding hydrogens is 260 g/mol. The summed E-state index contributed by atoms with van der Waals surface area (Å²) < 4.78 is 11.7. The Morgan fingerprint density at radius 1 is 1.25 bits per heavy atom. The van der Waals surface area contributed by atoms with Crippen LogP contribution in [0.5, 0.6) is 0 Å². The molecule has 0 aliphatic rings. The van der Waals surface area contributed by atoms with Crippen molar-refractivity contribution >= 4 is 11.9 Å². The second kappa shape index (κ2) is 6.54. The van der Waals surface area contributed by atoms with Gasteiger partial charge in [-0.05, 0) is 33.8 Å². The van der Waals surface area contributed by atoms with Crippen LogP contribution in [0.1, 0.15) is 32.2 Å². The van der Waals surface area contributed by atoms with E-state index >= 15 is 0 Å². The molecule has 1 heterocycles. The smallest absolute Gasteiger partial charge is 0.323 e. The molecule has 0 atom stereocenters. The van der Waals surface area contributed by atoms with Gasteiger partial charge in [0.1, 0.15) is 0 Å². The van der Waals surface area contributed by atoms with Crippen LogP contribution in [0.4, 0.5) is 0 Å². The molecule has 0 fully saturated rings. The van der Waals surface area contributed by atoms with E-state index in [4.69, 9.17) is 9.47 Å². The van der Waals surface area contributed by atoms with Crippen LogP contribution in [-0.4, -0.2) is 34.9 Å². The number of ether oxygens (including phenoxy) is 2. The van der Waals surface area contributed by atoms with Crippen LogP contribution in [0, 0.1) is 12.3 Å². The molecule has 6 heteroatoms. The molecule has 0 amide bonds. The van der Waals surface area contributed by atoms with E-state index in [9.17, 15) is 9.59 Å². The molecular formula is C14H22N2O4. The van der Waals surface area contributed by atoms with Gasteiger partial charge in [-0.3, -0.25) is 14.3 Å². The van der Waals surface area contributed by atoms with Crippen LogP contribution in [0.3, 0.4) is 0 Å². The van der Waals surface area contributed by atoms with Crippen molar-refractivity contribution in [3.8, 4) is 0 Å². The molecule has 0 aliphatic heterocycles. The molecule has 1 rings (SSSR count). The normalized spacial score (nSPS) is 11.2. The number of esters is 2. The van der Waals surface area contributed by atoms with Crippen LogP contribution in [0.25, 0.3) is 0 Å². The second-order valence-corrected chi connectivity index (χ2v) is 4.85. The number of hydrogen-bond acceptors (Lipinski definition) is 5. The van der Waals surface area contributed by atoms with E-state index in [1.54, 1.807) is 32.5 Å². The summed E-state index contributed by atoms with van der Waals surface area (Å²) in [6.45, 7) is 7.26. The quantitative estimate of drug-likeness (QED) is 0.582. The largest absolute Gasteiger partial charge is 0.465 e. The van der Waals surface area contributed by atoms with Crippen molar-refractivity contribution in [2.45, 2.75) is 34.1 Å². The molecule has 0 aromatic carbocycles. The lowest BCUT2D eigenvalue weighted by atomic mass is 9.85. The molecule has 20 heavy (non-hydrogen) atoms. The van der Waals surface area contributed by atoms with Gasteiger partial charge in [0.2, 0.25) is 0 Å². The van der Waals surface area contributed by atoms with E-state index in [2.05, 4.69) is 5.10 Å². The predicted octanol–water partition coefficient (Wildman–Crippen LogP) is 1.40. The topological polar surface area (TPSA) is 70.4 Å². The molecule has 6 nitrogen and oxygen atoms in total. The average molecular weight is 282 g/mol. The van der Waals surface area contributed by atoms with Gasteiger partial charge in [0.05, 0.1) is 18.9 Å². The standard InChI is InChI=1S/C14H22N2O4/c1-6-19-12(17)14(4,13(18)20-7-2)9-11-8-10(3)15-16(11)5/h8H,6-7,9H2,1-5H3. The van der Waals surface area contributed by atoms with Crippen LogP contribution in [0.2, 0.25) is 0 Å². The van der Waals surface area contributed by atoms with E-state index in [0.29, 0.717) is 0 Å². The molecule has 0 bridgehead atoms. The highest BCUT2D eigenvalue weighted by atomic mass is 16.6. The van der Waals surface area contributed by atoms with Crippen LogP contribution < -0.4 is 0 Å². The summed E-state index contributed by atoms with van der Waals surface area (Å²) in [6.07, 6.45) is 0.196. The summed E-state index contributed by atoms with van der Waals surface area (Å²) in [7, 11) is 1.78. The van der Waals surface area contributed by atoms with Crippen molar-refractivity contribution in [1.29, 1.82) is 0 Å². The maximum Gasteiger partial charge on any atom is 0.323 e. The third-order valence-electron chi connectivity index (χ3n) is 3.09. The number of carbonyl (C=O) groups excluding carboxylic acids is 2. The first-order valence-electron chi connectivity index (χ1n) is 6.69. The van der Waals surface area contributed by atoms with Crippen LogP contribution >= 0.6 is 0 Å². The van der Waals surface area contributed by atoms with E-state index in [-0.39, 0.29) is 19.6 Å². The number of hydrogen-bond donors (Lipinski definition) is 0. The molecule has 112 valence electrons. The minimum Gasteiger partial charge on any atom is -0.465 e. The lowest BCUT2D eigenvalue weighted by molar-refractivity contribution is -0.170. The summed E-state index contributed by atoms with van der Waals surface area (Å²) in [5.41, 5.74) is 0.260. The highest BCUT2D eigenvalue weighted by molar-refractivity contribution is 5.99. The zero-order chi connectivity index (χ0) is 15.3. The Balaban J connectivity index is 3.07. The van der Waals surface area contributed by atoms with Gasteiger partial charge in [-0.25, -0.2) is 0 Å². The fourth-order valence-corrected chi connectivity index (χ4v) is 2.00. The fourth-order valence-electron chi connectivity index (χ4n) is 2.00. The van der Waals surface area contributed by atoms with Gasteiger partial charge in [0, 0.05) is 19.2 Å². The second-order valence-electron chi connectivity index (χ2n) is 4.85. The molecule has 0 unspecified atom stereocenters. The SMILES string of the molecule is CCOC(=O)C(C)(Cc1cc(C)nn1C)C(=O)OCC. The van der Waals surface area contributed by atoms with Crippen molar-refractivity contribution in [2.75, 3.05) is 13.2 Å². The fraction of sp³-hybridized carbons (Fsp3) is 0.643.